The number of nitrogens with zero attached hydrogens (tertiary/aromatic N) is 1. The van der Waals surface area contributed by atoms with Crippen molar-refractivity contribution >= 4 is 0 Å². The highest BCUT2D eigenvalue weighted by molar-refractivity contribution is 5.16. The summed E-state index contributed by atoms with van der Waals surface area (Å²) >= 11 is 0. The first-order valence-corrected chi connectivity index (χ1v) is 6.24. The van der Waals surface area contributed by atoms with Crippen LogP contribution in [-0.2, 0) is 16.0 Å². The van der Waals surface area contributed by atoms with Crippen molar-refractivity contribution in [2.75, 3.05) is 13.2 Å². The third kappa shape index (κ3) is 2.51. The minimum atomic E-state index is -0.397. The molecule has 0 saturated carbocycles. The molecule has 3 nitrogen and oxygen atoms in total. The van der Waals surface area contributed by atoms with Crippen molar-refractivity contribution in [1.82, 2.24) is 4.90 Å². The van der Waals surface area contributed by atoms with E-state index >= 15 is 0 Å². The fourth-order valence-electron chi connectivity index (χ4n) is 2.45. The van der Waals surface area contributed by atoms with Gasteiger partial charge in [0.05, 0.1) is 12.6 Å². The molecule has 0 aromatic heterocycles. The maximum Gasteiger partial charge on any atom is 0.163 e. The molecule has 1 aromatic carbocycles. The molecule has 3 heteroatoms. The summed E-state index contributed by atoms with van der Waals surface area (Å²) in [6.45, 7) is 6.83. The lowest BCUT2D eigenvalue weighted by atomic mass is 10.2. The lowest BCUT2D eigenvalue weighted by molar-refractivity contribution is -0.139. The molecular weight excluding hydrogens is 214 g/mol. The summed E-state index contributed by atoms with van der Waals surface area (Å²) in [6.07, 6.45) is 0.244. The minimum absolute atomic E-state index is 0.244. The Labute approximate surface area is 102 Å². The quantitative estimate of drug-likeness (QED) is 0.745. The molecule has 2 heterocycles. The zero-order valence-electron chi connectivity index (χ0n) is 10.4. The van der Waals surface area contributed by atoms with Gasteiger partial charge < -0.3 is 9.47 Å². The molecule has 2 saturated heterocycles. The Kier molecular flexibility index (Phi) is 2.69. The van der Waals surface area contributed by atoms with Gasteiger partial charge in [-0.1, -0.05) is 30.3 Å². The molecule has 0 amide bonds. The van der Waals surface area contributed by atoms with Gasteiger partial charge >= 0.3 is 0 Å². The number of rotatable bonds is 3. The van der Waals surface area contributed by atoms with Crippen LogP contribution in [0.3, 0.4) is 0 Å². The van der Waals surface area contributed by atoms with Crippen molar-refractivity contribution in [2.24, 2.45) is 0 Å². The molecule has 0 spiro atoms. The van der Waals surface area contributed by atoms with Crippen LogP contribution in [0.15, 0.2) is 30.3 Å². The Hall–Kier alpha value is -0.900. The summed E-state index contributed by atoms with van der Waals surface area (Å²) in [4.78, 5) is 2.44. The zero-order chi connectivity index (χ0) is 11.9. The van der Waals surface area contributed by atoms with E-state index in [0.717, 1.165) is 19.7 Å². The molecule has 2 fully saturated rings. The van der Waals surface area contributed by atoms with Gasteiger partial charge in [0.1, 0.15) is 6.10 Å². The van der Waals surface area contributed by atoms with Crippen molar-refractivity contribution in [1.29, 1.82) is 0 Å². The summed E-state index contributed by atoms with van der Waals surface area (Å²) < 4.78 is 11.5. The van der Waals surface area contributed by atoms with Crippen LogP contribution in [0.1, 0.15) is 19.4 Å². The fraction of sp³-hybridized carbons (Fsp3) is 0.571. The van der Waals surface area contributed by atoms with Gasteiger partial charge in [-0.25, -0.2) is 0 Å². The molecule has 17 heavy (non-hydrogen) atoms. The largest absolute Gasteiger partial charge is 0.348 e. The molecule has 1 aromatic rings. The minimum Gasteiger partial charge on any atom is -0.348 e. The lowest BCUT2D eigenvalue weighted by Gasteiger charge is -2.17. The van der Waals surface area contributed by atoms with E-state index in [1.165, 1.54) is 5.56 Å². The van der Waals surface area contributed by atoms with E-state index in [-0.39, 0.29) is 6.10 Å². The molecule has 92 valence electrons. The molecule has 0 bridgehead atoms. The Morgan fingerprint density at radius 3 is 2.71 bits per heavy atom. The second-order valence-corrected chi connectivity index (χ2v) is 5.35. The first-order valence-electron chi connectivity index (χ1n) is 6.24. The zero-order valence-corrected chi connectivity index (χ0v) is 10.4. The Bertz CT molecular complexity index is 390. The molecule has 3 rings (SSSR count). The molecule has 2 unspecified atom stereocenters. The number of benzene rings is 1. The highest BCUT2D eigenvalue weighted by Crippen LogP contribution is 2.33. The van der Waals surface area contributed by atoms with Crippen LogP contribution in [0.5, 0.6) is 0 Å². The number of hydrogen-bond acceptors (Lipinski definition) is 3. The van der Waals surface area contributed by atoms with E-state index in [2.05, 4.69) is 35.2 Å². The second-order valence-electron chi connectivity index (χ2n) is 5.35. The third-order valence-corrected chi connectivity index (χ3v) is 3.45. The first-order chi connectivity index (χ1) is 8.14. The van der Waals surface area contributed by atoms with Gasteiger partial charge in [-0.3, -0.25) is 4.90 Å². The average molecular weight is 233 g/mol. The molecule has 3 atom stereocenters. The summed E-state index contributed by atoms with van der Waals surface area (Å²) in [5.41, 5.74) is 1.37. The summed E-state index contributed by atoms with van der Waals surface area (Å²) in [6, 6.07) is 11.1. The Morgan fingerprint density at radius 1 is 1.29 bits per heavy atom. The van der Waals surface area contributed by atoms with Crippen molar-refractivity contribution < 1.29 is 9.47 Å². The smallest absolute Gasteiger partial charge is 0.163 e. The van der Waals surface area contributed by atoms with Gasteiger partial charge in [0, 0.05) is 13.1 Å². The van der Waals surface area contributed by atoms with Crippen LogP contribution in [0.2, 0.25) is 0 Å². The second kappa shape index (κ2) is 4.09. The van der Waals surface area contributed by atoms with Gasteiger partial charge in [0.15, 0.2) is 5.79 Å². The Balaban J connectivity index is 1.54. The van der Waals surface area contributed by atoms with Crippen LogP contribution in [0.25, 0.3) is 0 Å². The van der Waals surface area contributed by atoms with Crippen LogP contribution in [-0.4, -0.2) is 36.0 Å². The number of ether oxygens (including phenoxy) is 2. The SMILES string of the molecule is CC1(C)OC[C@H](C2CN2Cc2ccccc2)O1. The molecule has 0 radical (unpaired) electrons. The number of hydrogen-bond donors (Lipinski definition) is 0. The molecule has 0 N–H and O–H groups in total. The first kappa shape index (κ1) is 11.2. The van der Waals surface area contributed by atoms with E-state index in [0.29, 0.717) is 6.04 Å². The molecule has 0 aliphatic carbocycles. The summed E-state index contributed by atoms with van der Waals surface area (Å²) in [7, 11) is 0. The van der Waals surface area contributed by atoms with E-state index in [4.69, 9.17) is 9.47 Å². The van der Waals surface area contributed by atoms with Gasteiger partial charge in [-0.2, -0.15) is 0 Å². The van der Waals surface area contributed by atoms with Gasteiger partial charge in [-0.05, 0) is 19.4 Å². The van der Waals surface area contributed by atoms with Crippen LogP contribution in [0, 0.1) is 0 Å². The van der Waals surface area contributed by atoms with Crippen LogP contribution in [0.4, 0.5) is 0 Å². The maximum absolute atomic E-state index is 5.88. The average Bonchev–Trinajstić information content (AvgIpc) is 2.96. The monoisotopic (exact) mass is 233 g/mol. The van der Waals surface area contributed by atoms with Crippen molar-refractivity contribution in [3.05, 3.63) is 35.9 Å². The molecule has 2 aliphatic rings. The lowest BCUT2D eigenvalue weighted by Crippen LogP contribution is -2.26. The Morgan fingerprint density at radius 2 is 2.06 bits per heavy atom. The predicted octanol–water partition coefficient (Wildman–Crippen LogP) is 2.02. The fourth-order valence-corrected chi connectivity index (χ4v) is 2.45. The predicted molar refractivity (Wildman–Crippen MR) is 65.5 cm³/mol. The van der Waals surface area contributed by atoms with E-state index in [1.807, 2.05) is 13.8 Å². The van der Waals surface area contributed by atoms with Gasteiger partial charge in [0.2, 0.25) is 0 Å². The maximum atomic E-state index is 5.88. The standard InChI is InChI=1S/C14H19NO2/c1-14(2)16-10-13(17-14)12-9-15(12)8-11-6-4-3-5-7-11/h3-7,12-13H,8-10H2,1-2H3/t12?,13-,15?/m1/s1. The highest BCUT2D eigenvalue weighted by atomic mass is 16.7. The van der Waals surface area contributed by atoms with Crippen LogP contribution < -0.4 is 0 Å². The van der Waals surface area contributed by atoms with E-state index in [9.17, 15) is 0 Å². The third-order valence-electron chi connectivity index (χ3n) is 3.45. The van der Waals surface area contributed by atoms with Crippen molar-refractivity contribution in [3.8, 4) is 0 Å². The van der Waals surface area contributed by atoms with E-state index in [1.54, 1.807) is 0 Å². The highest BCUT2D eigenvalue weighted by Gasteiger charge is 2.47. The summed E-state index contributed by atoms with van der Waals surface area (Å²) in [5.74, 6) is -0.397. The van der Waals surface area contributed by atoms with Gasteiger partial charge in [0.25, 0.3) is 0 Å². The van der Waals surface area contributed by atoms with Crippen LogP contribution >= 0.6 is 0 Å². The normalized spacial score (nSPS) is 34.8. The van der Waals surface area contributed by atoms with Crippen molar-refractivity contribution in [3.63, 3.8) is 0 Å². The van der Waals surface area contributed by atoms with Gasteiger partial charge in [-0.15, -0.1) is 0 Å². The molecule has 2 aliphatic heterocycles. The topological polar surface area (TPSA) is 21.5 Å². The molecular formula is C14H19NO2. The summed E-state index contributed by atoms with van der Waals surface area (Å²) in [5, 5.41) is 0. The van der Waals surface area contributed by atoms with E-state index < -0.39 is 5.79 Å². The van der Waals surface area contributed by atoms with Crippen molar-refractivity contribution in [2.45, 2.75) is 38.3 Å².